The molecule has 29 heavy (non-hydrogen) atoms. The average Bonchev–Trinajstić information content (AvgIpc) is 3.22. The molecular weight excluding hydrogens is 436 g/mol. The maximum Gasteiger partial charge on any atom is 0.337 e. The first-order valence-electron chi connectivity index (χ1n) is 9.10. The molecule has 1 atom stereocenters. The number of nitrogens with one attached hydrogen (secondary N) is 2. The summed E-state index contributed by atoms with van der Waals surface area (Å²) < 4.78 is 5.72. The summed E-state index contributed by atoms with van der Waals surface area (Å²) in [7, 11) is 1.32. The Hall–Kier alpha value is -3.13. The number of carbonyl (C=O) groups is 2. The molecule has 148 valence electrons. The molecule has 0 saturated carbocycles. The number of carbonyl (C=O) groups excluding carboxylic acids is 2. The smallest absolute Gasteiger partial charge is 0.337 e. The van der Waals surface area contributed by atoms with E-state index in [1.165, 1.54) is 7.11 Å². The Kier molecular flexibility index (Phi) is 5.35. The molecule has 0 radical (unpaired) electrons. The summed E-state index contributed by atoms with van der Waals surface area (Å²) in [6.45, 7) is 0.540. The fourth-order valence-electron chi connectivity index (χ4n) is 3.52. The van der Waals surface area contributed by atoms with E-state index >= 15 is 0 Å². The van der Waals surface area contributed by atoms with E-state index in [2.05, 4.69) is 31.2 Å². The van der Waals surface area contributed by atoms with Gasteiger partial charge in [0, 0.05) is 28.8 Å². The van der Waals surface area contributed by atoms with Crippen LogP contribution in [0, 0.1) is 0 Å². The summed E-state index contributed by atoms with van der Waals surface area (Å²) >= 11 is 3.45. The van der Waals surface area contributed by atoms with E-state index < -0.39 is 5.97 Å². The van der Waals surface area contributed by atoms with Crippen molar-refractivity contribution in [2.75, 3.05) is 19.0 Å². The van der Waals surface area contributed by atoms with Crippen LogP contribution in [0.4, 0.5) is 10.5 Å². The maximum absolute atomic E-state index is 13.2. The molecule has 0 bridgehead atoms. The number of rotatable bonds is 3. The molecule has 7 nitrogen and oxygen atoms in total. The molecule has 2 aromatic carbocycles. The lowest BCUT2D eigenvalue weighted by molar-refractivity contribution is 0.0600. The highest BCUT2D eigenvalue weighted by Crippen LogP contribution is 2.34. The number of hydrogen-bond donors (Lipinski definition) is 2. The van der Waals surface area contributed by atoms with E-state index in [1.54, 1.807) is 35.5 Å². The van der Waals surface area contributed by atoms with E-state index in [0.29, 0.717) is 24.2 Å². The highest BCUT2D eigenvalue weighted by atomic mass is 79.9. The van der Waals surface area contributed by atoms with Crippen LogP contribution in [0.25, 0.3) is 0 Å². The minimum absolute atomic E-state index is 0.256. The molecule has 2 N–H and O–H groups in total. The summed E-state index contributed by atoms with van der Waals surface area (Å²) in [5, 5.41) is 2.90. The Morgan fingerprint density at radius 3 is 2.79 bits per heavy atom. The van der Waals surface area contributed by atoms with Gasteiger partial charge in [-0.3, -0.25) is 0 Å². The fraction of sp³-hybridized carbons (Fsp3) is 0.190. The predicted molar refractivity (Wildman–Crippen MR) is 112 cm³/mol. The summed E-state index contributed by atoms with van der Waals surface area (Å²) in [4.78, 5) is 34.3. The zero-order chi connectivity index (χ0) is 20.4. The van der Waals surface area contributed by atoms with Gasteiger partial charge in [0.25, 0.3) is 0 Å². The number of H-pyrrole nitrogens is 1. The van der Waals surface area contributed by atoms with Crippen molar-refractivity contribution in [3.8, 4) is 0 Å². The molecule has 2 heterocycles. The molecule has 2 amide bonds. The number of ether oxygens (including phenoxy) is 1. The molecule has 1 aliphatic heterocycles. The number of esters is 1. The van der Waals surface area contributed by atoms with Crippen LogP contribution in [0.2, 0.25) is 0 Å². The van der Waals surface area contributed by atoms with Crippen LogP contribution in [0.15, 0.2) is 59.3 Å². The topological polar surface area (TPSA) is 87.3 Å². The normalized spacial score (nSPS) is 15.5. The highest BCUT2D eigenvalue weighted by molar-refractivity contribution is 9.10. The molecule has 0 aliphatic carbocycles. The lowest BCUT2D eigenvalue weighted by atomic mass is 9.96. The van der Waals surface area contributed by atoms with Crippen molar-refractivity contribution < 1.29 is 14.3 Å². The molecule has 0 fully saturated rings. The van der Waals surface area contributed by atoms with E-state index in [4.69, 9.17) is 4.74 Å². The van der Waals surface area contributed by atoms with Crippen LogP contribution >= 0.6 is 15.9 Å². The Morgan fingerprint density at radius 2 is 2.03 bits per heavy atom. The number of aromatic nitrogens is 2. The summed E-state index contributed by atoms with van der Waals surface area (Å²) in [5.74, 6) is -0.451. The number of anilines is 1. The zero-order valence-corrected chi connectivity index (χ0v) is 17.3. The summed E-state index contributed by atoms with van der Waals surface area (Å²) in [6, 6.07) is 14.0. The molecule has 0 unspecified atom stereocenters. The van der Waals surface area contributed by atoms with Crippen molar-refractivity contribution in [3.05, 3.63) is 81.8 Å². The molecule has 8 heteroatoms. The molecule has 3 aromatic rings. The second-order valence-electron chi connectivity index (χ2n) is 6.67. The quantitative estimate of drug-likeness (QED) is 0.582. The Labute approximate surface area is 176 Å². The van der Waals surface area contributed by atoms with Crippen LogP contribution in [0.1, 0.15) is 33.4 Å². The standard InChI is InChI=1S/C21H19BrN4O3/c1-29-20(27)14-3-2-4-16(11-14)25-21(28)26-10-9-17-18(24-12-23-17)19(26)13-5-7-15(22)8-6-13/h2-8,11-12,19H,9-10H2,1H3,(H,23,24)(H,25,28)/t19-/m0/s1. The number of amides is 2. The van der Waals surface area contributed by atoms with Gasteiger partial charge < -0.3 is 19.9 Å². The first-order chi connectivity index (χ1) is 14.1. The van der Waals surface area contributed by atoms with Crippen molar-refractivity contribution in [2.24, 2.45) is 0 Å². The van der Waals surface area contributed by atoms with Crippen molar-refractivity contribution >= 4 is 33.6 Å². The zero-order valence-electron chi connectivity index (χ0n) is 15.7. The van der Waals surface area contributed by atoms with Crippen molar-refractivity contribution in [1.29, 1.82) is 0 Å². The molecule has 1 aliphatic rings. The second kappa shape index (κ2) is 8.08. The summed E-state index contributed by atoms with van der Waals surface area (Å²) in [5.41, 5.74) is 3.76. The van der Waals surface area contributed by atoms with Gasteiger partial charge in [-0.1, -0.05) is 34.1 Å². The molecule has 0 spiro atoms. The number of aromatic amines is 1. The monoisotopic (exact) mass is 454 g/mol. The SMILES string of the molecule is COC(=O)c1cccc(NC(=O)N2CCc3[nH]cnc3[C@@H]2c2ccc(Br)cc2)c1. The number of urea groups is 1. The molecule has 1 aromatic heterocycles. The number of benzene rings is 2. The van der Waals surface area contributed by atoms with Gasteiger partial charge in [-0.2, -0.15) is 0 Å². The number of imidazole rings is 1. The van der Waals surface area contributed by atoms with Gasteiger partial charge in [-0.05, 0) is 35.9 Å². The number of fused-ring (bicyclic) bond motifs is 1. The first kappa shape index (κ1) is 19.2. The van der Waals surface area contributed by atoms with Gasteiger partial charge in [0.05, 0.1) is 24.7 Å². The van der Waals surface area contributed by atoms with Gasteiger partial charge in [-0.15, -0.1) is 0 Å². The number of nitrogens with zero attached hydrogens (tertiary/aromatic N) is 2. The van der Waals surface area contributed by atoms with Gasteiger partial charge >= 0.3 is 12.0 Å². The average molecular weight is 455 g/mol. The lowest BCUT2D eigenvalue weighted by Gasteiger charge is -2.35. The van der Waals surface area contributed by atoms with Crippen LogP contribution in [0.3, 0.4) is 0 Å². The third-order valence-corrected chi connectivity index (χ3v) is 5.44. The largest absolute Gasteiger partial charge is 0.465 e. The van der Waals surface area contributed by atoms with Crippen LogP contribution in [0.5, 0.6) is 0 Å². The van der Waals surface area contributed by atoms with E-state index in [0.717, 1.165) is 21.4 Å². The third kappa shape index (κ3) is 3.88. The van der Waals surface area contributed by atoms with Crippen LogP contribution in [-0.2, 0) is 11.2 Å². The fourth-order valence-corrected chi connectivity index (χ4v) is 3.78. The minimum Gasteiger partial charge on any atom is -0.465 e. The number of halogens is 1. The highest BCUT2D eigenvalue weighted by Gasteiger charge is 2.34. The summed E-state index contributed by atoms with van der Waals surface area (Å²) in [6.07, 6.45) is 2.36. The number of hydrogen-bond acceptors (Lipinski definition) is 4. The van der Waals surface area contributed by atoms with E-state index in [1.807, 2.05) is 24.3 Å². The first-order valence-corrected chi connectivity index (χ1v) is 9.89. The Bertz CT molecular complexity index is 1050. The molecular formula is C21H19BrN4O3. The maximum atomic E-state index is 13.2. The van der Waals surface area contributed by atoms with Gasteiger partial charge in [0.2, 0.25) is 0 Å². The van der Waals surface area contributed by atoms with E-state index in [-0.39, 0.29) is 12.1 Å². The lowest BCUT2D eigenvalue weighted by Crippen LogP contribution is -2.43. The van der Waals surface area contributed by atoms with Crippen LogP contribution < -0.4 is 5.32 Å². The molecule has 4 rings (SSSR count). The van der Waals surface area contributed by atoms with Crippen molar-refractivity contribution in [2.45, 2.75) is 12.5 Å². The number of methoxy groups -OCH3 is 1. The third-order valence-electron chi connectivity index (χ3n) is 4.91. The van der Waals surface area contributed by atoms with Crippen molar-refractivity contribution in [3.63, 3.8) is 0 Å². The van der Waals surface area contributed by atoms with Gasteiger partial charge in [0.15, 0.2) is 0 Å². The van der Waals surface area contributed by atoms with Gasteiger partial charge in [0.1, 0.15) is 6.04 Å². The van der Waals surface area contributed by atoms with Gasteiger partial charge in [-0.25, -0.2) is 14.6 Å². The van der Waals surface area contributed by atoms with Crippen molar-refractivity contribution in [1.82, 2.24) is 14.9 Å². The minimum atomic E-state index is -0.451. The molecule has 0 saturated heterocycles. The van der Waals surface area contributed by atoms with E-state index in [9.17, 15) is 9.59 Å². The Morgan fingerprint density at radius 1 is 1.24 bits per heavy atom. The Balaban J connectivity index is 1.63. The second-order valence-corrected chi connectivity index (χ2v) is 7.58. The predicted octanol–water partition coefficient (Wildman–Crippen LogP) is 4.14. The van der Waals surface area contributed by atoms with Crippen LogP contribution in [-0.4, -0.2) is 40.5 Å².